The summed E-state index contributed by atoms with van der Waals surface area (Å²) in [5.41, 5.74) is 2.12. The molecule has 0 amide bonds. The minimum atomic E-state index is -1.05. The molecular formula is C12H18O3S. The number of Topliss-reactive ketones (excluding diaryl/α,β-unsaturated/α-hetero) is 1. The van der Waals surface area contributed by atoms with Crippen molar-refractivity contribution in [1.29, 1.82) is 0 Å². The van der Waals surface area contributed by atoms with E-state index in [0.717, 1.165) is 24.2 Å². The van der Waals surface area contributed by atoms with Gasteiger partial charge in [0.15, 0.2) is 5.78 Å². The number of allylic oxidation sites excluding steroid dienone is 2. The molecule has 4 heteroatoms. The Labute approximate surface area is 100 Å². The standard InChI is InChI=1S/C12H18O3S/c1-9-3-2-4-11(13)10(9)5-6-12(14)15-7-8-16-12/h14H,2-8H2,1H3. The topological polar surface area (TPSA) is 46.5 Å². The second-order valence-electron chi connectivity index (χ2n) is 4.45. The van der Waals surface area contributed by atoms with Gasteiger partial charge in [-0.05, 0) is 31.8 Å². The number of rotatable bonds is 3. The Kier molecular flexibility index (Phi) is 3.72. The molecule has 0 saturated carbocycles. The molecule has 90 valence electrons. The van der Waals surface area contributed by atoms with E-state index in [9.17, 15) is 9.90 Å². The molecule has 1 N–H and O–H groups in total. The van der Waals surface area contributed by atoms with Crippen LogP contribution >= 0.6 is 11.8 Å². The number of hydrogen-bond donors (Lipinski definition) is 1. The third kappa shape index (κ3) is 2.67. The number of thioether (sulfide) groups is 1. The first-order valence-electron chi connectivity index (χ1n) is 5.83. The molecule has 2 rings (SSSR count). The van der Waals surface area contributed by atoms with Gasteiger partial charge < -0.3 is 9.84 Å². The van der Waals surface area contributed by atoms with Gasteiger partial charge in [-0.1, -0.05) is 17.3 Å². The van der Waals surface area contributed by atoms with E-state index in [1.807, 2.05) is 6.92 Å². The van der Waals surface area contributed by atoms with Crippen molar-refractivity contribution in [3.8, 4) is 0 Å². The molecule has 0 spiro atoms. The normalized spacial score (nSPS) is 31.2. The van der Waals surface area contributed by atoms with E-state index in [2.05, 4.69) is 0 Å². The highest BCUT2D eigenvalue weighted by atomic mass is 32.2. The van der Waals surface area contributed by atoms with Crippen LogP contribution in [0.3, 0.4) is 0 Å². The van der Waals surface area contributed by atoms with E-state index in [0.29, 0.717) is 25.9 Å². The second kappa shape index (κ2) is 4.90. The minimum absolute atomic E-state index is 0.260. The average Bonchev–Trinajstić information content (AvgIpc) is 2.65. The zero-order valence-electron chi connectivity index (χ0n) is 9.62. The van der Waals surface area contributed by atoms with Crippen molar-refractivity contribution in [1.82, 2.24) is 0 Å². The molecule has 1 aliphatic heterocycles. The molecule has 16 heavy (non-hydrogen) atoms. The largest absolute Gasteiger partial charge is 0.357 e. The van der Waals surface area contributed by atoms with E-state index in [4.69, 9.17) is 4.74 Å². The van der Waals surface area contributed by atoms with Crippen LogP contribution in [0.25, 0.3) is 0 Å². The SMILES string of the molecule is CC1=C(CCC2(O)OCCS2)C(=O)CCC1. The lowest BCUT2D eigenvalue weighted by Crippen LogP contribution is -2.24. The summed E-state index contributed by atoms with van der Waals surface area (Å²) < 4.78 is 5.29. The fraction of sp³-hybridized carbons (Fsp3) is 0.750. The van der Waals surface area contributed by atoms with Gasteiger partial charge in [-0.25, -0.2) is 0 Å². The van der Waals surface area contributed by atoms with Gasteiger partial charge in [-0.2, -0.15) is 0 Å². The molecule has 1 fully saturated rings. The number of aliphatic hydroxyl groups is 1. The second-order valence-corrected chi connectivity index (χ2v) is 5.78. The van der Waals surface area contributed by atoms with E-state index in [1.165, 1.54) is 17.3 Å². The van der Waals surface area contributed by atoms with Gasteiger partial charge in [0.2, 0.25) is 5.12 Å². The maximum Gasteiger partial charge on any atom is 0.216 e. The van der Waals surface area contributed by atoms with Crippen molar-refractivity contribution in [3.05, 3.63) is 11.1 Å². The summed E-state index contributed by atoms with van der Waals surface area (Å²) in [6, 6.07) is 0. The first kappa shape index (κ1) is 12.1. The highest BCUT2D eigenvalue weighted by Gasteiger charge is 2.34. The lowest BCUT2D eigenvalue weighted by molar-refractivity contribution is -0.121. The molecule has 0 aromatic carbocycles. The quantitative estimate of drug-likeness (QED) is 0.824. The van der Waals surface area contributed by atoms with E-state index < -0.39 is 5.12 Å². The van der Waals surface area contributed by atoms with Crippen molar-refractivity contribution in [2.75, 3.05) is 12.4 Å². The molecule has 1 heterocycles. The summed E-state index contributed by atoms with van der Waals surface area (Å²) in [4.78, 5) is 11.7. The maximum atomic E-state index is 11.7. The van der Waals surface area contributed by atoms with Crippen LogP contribution in [0.5, 0.6) is 0 Å². The number of hydrogen-bond acceptors (Lipinski definition) is 4. The summed E-state index contributed by atoms with van der Waals surface area (Å²) in [6.07, 6.45) is 3.83. The zero-order chi connectivity index (χ0) is 11.6. The highest BCUT2D eigenvalue weighted by molar-refractivity contribution is 8.00. The summed E-state index contributed by atoms with van der Waals surface area (Å²) in [5.74, 6) is 1.10. The summed E-state index contributed by atoms with van der Waals surface area (Å²) in [7, 11) is 0. The molecule has 1 unspecified atom stereocenters. The lowest BCUT2D eigenvalue weighted by atomic mass is 9.89. The summed E-state index contributed by atoms with van der Waals surface area (Å²) in [6.45, 7) is 2.63. The first-order valence-corrected chi connectivity index (χ1v) is 6.81. The van der Waals surface area contributed by atoms with Gasteiger partial charge in [0.1, 0.15) is 0 Å². The fourth-order valence-corrected chi connectivity index (χ4v) is 3.18. The smallest absolute Gasteiger partial charge is 0.216 e. The molecule has 0 aromatic rings. The van der Waals surface area contributed by atoms with Gasteiger partial charge in [0.05, 0.1) is 6.61 Å². The molecule has 1 atom stereocenters. The molecule has 0 radical (unpaired) electrons. The maximum absolute atomic E-state index is 11.7. The van der Waals surface area contributed by atoms with Crippen LogP contribution in [0.2, 0.25) is 0 Å². The van der Waals surface area contributed by atoms with Crippen molar-refractivity contribution in [3.63, 3.8) is 0 Å². The summed E-state index contributed by atoms with van der Waals surface area (Å²) in [5, 5.41) is 8.95. The van der Waals surface area contributed by atoms with Crippen LogP contribution in [0.4, 0.5) is 0 Å². The highest BCUT2D eigenvalue weighted by Crippen LogP contribution is 2.36. The molecule has 2 aliphatic rings. The molecule has 3 nitrogen and oxygen atoms in total. The van der Waals surface area contributed by atoms with Crippen LogP contribution in [0.1, 0.15) is 39.0 Å². The van der Waals surface area contributed by atoms with Crippen LogP contribution in [0.15, 0.2) is 11.1 Å². The Hall–Kier alpha value is -0.320. The van der Waals surface area contributed by atoms with E-state index in [1.54, 1.807) is 0 Å². The average molecular weight is 242 g/mol. The zero-order valence-corrected chi connectivity index (χ0v) is 10.4. The Morgan fingerprint density at radius 2 is 2.31 bits per heavy atom. The minimum Gasteiger partial charge on any atom is -0.357 e. The molecule has 0 bridgehead atoms. The van der Waals surface area contributed by atoms with Gasteiger partial charge in [0.25, 0.3) is 0 Å². The van der Waals surface area contributed by atoms with Crippen LogP contribution in [0, 0.1) is 0 Å². The Morgan fingerprint density at radius 3 is 2.94 bits per heavy atom. The van der Waals surface area contributed by atoms with Gasteiger partial charge in [0, 0.05) is 18.6 Å². The third-order valence-electron chi connectivity index (χ3n) is 3.24. The molecular weight excluding hydrogens is 224 g/mol. The van der Waals surface area contributed by atoms with Gasteiger partial charge >= 0.3 is 0 Å². The number of ether oxygens (including phenoxy) is 1. The first-order chi connectivity index (χ1) is 7.61. The van der Waals surface area contributed by atoms with Gasteiger partial charge in [-0.15, -0.1) is 0 Å². The van der Waals surface area contributed by atoms with E-state index >= 15 is 0 Å². The van der Waals surface area contributed by atoms with Crippen LogP contribution in [-0.4, -0.2) is 28.4 Å². The third-order valence-corrected chi connectivity index (χ3v) is 4.38. The van der Waals surface area contributed by atoms with Gasteiger partial charge in [-0.3, -0.25) is 4.79 Å². The van der Waals surface area contributed by atoms with Crippen molar-refractivity contribution in [2.24, 2.45) is 0 Å². The predicted molar refractivity (Wildman–Crippen MR) is 64.2 cm³/mol. The number of ketones is 1. The number of carbonyl (C=O) groups excluding carboxylic acids is 1. The van der Waals surface area contributed by atoms with Crippen LogP contribution in [-0.2, 0) is 9.53 Å². The van der Waals surface area contributed by atoms with Crippen molar-refractivity contribution < 1.29 is 14.6 Å². The molecule has 1 saturated heterocycles. The van der Waals surface area contributed by atoms with Crippen molar-refractivity contribution in [2.45, 2.75) is 44.1 Å². The fourth-order valence-electron chi connectivity index (χ4n) is 2.28. The number of carbonyl (C=O) groups is 1. The van der Waals surface area contributed by atoms with E-state index in [-0.39, 0.29) is 5.78 Å². The van der Waals surface area contributed by atoms with Crippen LogP contribution < -0.4 is 0 Å². The Morgan fingerprint density at radius 1 is 1.50 bits per heavy atom. The predicted octanol–water partition coefficient (Wildman–Crippen LogP) is 2.25. The van der Waals surface area contributed by atoms with Crippen molar-refractivity contribution >= 4 is 17.5 Å². The Balaban J connectivity index is 1.96. The summed E-state index contributed by atoms with van der Waals surface area (Å²) >= 11 is 1.44. The monoisotopic (exact) mass is 242 g/mol. The molecule has 1 aliphatic carbocycles. The Bertz CT molecular complexity index is 316. The lowest BCUT2D eigenvalue weighted by Gasteiger charge is -2.23. The molecule has 0 aromatic heterocycles.